The van der Waals surface area contributed by atoms with Crippen molar-refractivity contribution in [1.82, 2.24) is 10.2 Å². The van der Waals surface area contributed by atoms with Gasteiger partial charge in [0.15, 0.2) is 5.15 Å². The van der Waals surface area contributed by atoms with E-state index >= 15 is 0 Å². The fourth-order valence-corrected chi connectivity index (χ4v) is 1.37. The number of rotatable bonds is 4. The summed E-state index contributed by atoms with van der Waals surface area (Å²) in [6.07, 6.45) is 0. The zero-order valence-electron chi connectivity index (χ0n) is 9.12. The summed E-state index contributed by atoms with van der Waals surface area (Å²) in [6, 6.07) is 9.21. The van der Waals surface area contributed by atoms with Gasteiger partial charge in [-0.25, -0.2) is 0 Å². The number of hydrogen-bond donors (Lipinski definition) is 0. The van der Waals surface area contributed by atoms with Crippen LogP contribution in [0.2, 0.25) is 5.15 Å². The van der Waals surface area contributed by atoms with Gasteiger partial charge < -0.3 is 4.74 Å². The van der Waals surface area contributed by atoms with E-state index in [1.807, 2.05) is 0 Å². The van der Waals surface area contributed by atoms with Crippen molar-refractivity contribution in [3.8, 4) is 5.75 Å². The Balaban J connectivity index is 2.04. The molecule has 0 unspecified atom stereocenters. The van der Waals surface area contributed by atoms with Gasteiger partial charge in [0.25, 0.3) is 5.69 Å². The van der Waals surface area contributed by atoms with Crippen LogP contribution in [-0.4, -0.2) is 15.1 Å². The Morgan fingerprint density at radius 1 is 1.28 bits per heavy atom. The number of nitro benzene ring substituents is 1. The second kappa shape index (κ2) is 5.42. The molecule has 0 atom stereocenters. The van der Waals surface area contributed by atoms with Crippen LogP contribution in [0.15, 0.2) is 36.4 Å². The Morgan fingerprint density at radius 3 is 2.78 bits per heavy atom. The van der Waals surface area contributed by atoms with E-state index in [-0.39, 0.29) is 12.3 Å². The van der Waals surface area contributed by atoms with Crippen LogP contribution in [0.25, 0.3) is 0 Å². The number of halogens is 1. The lowest BCUT2D eigenvalue weighted by Gasteiger charge is -2.04. The average molecular weight is 266 g/mol. The van der Waals surface area contributed by atoms with Crippen molar-refractivity contribution in [2.24, 2.45) is 0 Å². The first-order chi connectivity index (χ1) is 8.65. The first-order valence-electron chi connectivity index (χ1n) is 5.00. The highest BCUT2D eigenvalue weighted by atomic mass is 35.5. The molecular formula is C11H8ClN3O3. The average Bonchev–Trinajstić information content (AvgIpc) is 2.38. The van der Waals surface area contributed by atoms with E-state index in [2.05, 4.69) is 10.2 Å². The summed E-state index contributed by atoms with van der Waals surface area (Å²) in [5, 5.41) is 18.4. The van der Waals surface area contributed by atoms with Crippen LogP contribution in [0.3, 0.4) is 0 Å². The van der Waals surface area contributed by atoms with E-state index in [0.717, 1.165) is 0 Å². The molecule has 0 aliphatic rings. The van der Waals surface area contributed by atoms with E-state index in [1.165, 1.54) is 12.1 Å². The van der Waals surface area contributed by atoms with E-state index in [0.29, 0.717) is 16.6 Å². The van der Waals surface area contributed by atoms with Gasteiger partial charge in [0, 0.05) is 6.07 Å². The van der Waals surface area contributed by atoms with Crippen molar-refractivity contribution in [2.75, 3.05) is 0 Å². The largest absolute Gasteiger partial charge is 0.487 e. The lowest BCUT2D eigenvalue weighted by atomic mass is 10.3. The quantitative estimate of drug-likeness (QED) is 0.627. The third-order valence-electron chi connectivity index (χ3n) is 2.10. The standard InChI is InChI=1S/C11H8ClN3O3/c12-11-5-4-8(13-14-11)7-18-10-3-1-2-9(6-10)15(16)17/h1-6H,7H2. The van der Waals surface area contributed by atoms with Crippen LogP contribution in [0, 0.1) is 10.1 Å². The zero-order valence-corrected chi connectivity index (χ0v) is 9.87. The van der Waals surface area contributed by atoms with Gasteiger partial charge in [-0.1, -0.05) is 17.7 Å². The Hall–Kier alpha value is -2.21. The van der Waals surface area contributed by atoms with Crippen molar-refractivity contribution in [2.45, 2.75) is 6.61 Å². The molecule has 0 aliphatic heterocycles. The third-order valence-corrected chi connectivity index (χ3v) is 2.30. The van der Waals surface area contributed by atoms with E-state index in [4.69, 9.17) is 16.3 Å². The molecule has 0 fully saturated rings. The fraction of sp³-hybridized carbons (Fsp3) is 0.0909. The lowest BCUT2D eigenvalue weighted by molar-refractivity contribution is -0.384. The van der Waals surface area contributed by atoms with Crippen molar-refractivity contribution >= 4 is 17.3 Å². The van der Waals surface area contributed by atoms with E-state index < -0.39 is 4.92 Å². The number of nitro groups is 1. The zero-order chi connectivity index (χ0) is 13.0. The number of nitrogens with zero attached hydrogens (tertiary/aromatic N) is 3. The van der Waals surface area contributed by atoms with Gasteiger partial charge in [-0.15, -0.1) is 5.10 Å². The van der Waals surface area contributed by atoms with Crippen molar-refractivity contribution in [3.05, 3.63) is 57.4 Å². The molecule has 0 saturated heterocycles. The molecular weight excluding hydrogens is 258 g/mol. The highest BCUT2D eigenvalue weighted by Crippen LogP contribution is 2.19. The van der Waals surface area contributed by atoms with Crippen molar-refractivity contribution in [1.29, 1.82) is 0 Å². The molecule has 0 amide bonds. The van der Waals surface area contributed by atoms with E-state index in [1.54, 1.807) is 24.3 Å². The molecule has 0 N–H and O–H groups in total. The summed E-state index contributed by atoms with van der Waals surface area (Å²) >= 11 is 5.60. The number of benzene rings is 1. The summed E-state index contributed by atoms with van der Waals surface area (Å²) in [4.78, 5) is 10.1. The Bertz CT molecular complexity index is 560. The predicted molar refractivity (Wildman–Crippen MR) is 64.5 cm³/mol. The molecule has 2 rings (SSSR count). The van der Waals surface area contributed by atoms with Crippen LogP contribution < -0.4 is 4.74 Å². The van der Waals surface area contributed by atoms with Crippen molar-refractivity contribution in [3.63, 3.8) is 0 Å². The molecule has 92 valence electrons. The molecule has 7 heteroatoms. The van der Waals surface area contributed by atoms with E-state index in [9.17, 15) is 10.1 Å². The van der Waals surface area contributed by atoms with Crippen LogP contribution >= 0.6 is 11.6 Å². The topological polar surface area (TPSA) is 78.2 Å². The third kappa shape index (κ3) is 3.14. The second-order valence-corrected chi connectivity index (χ2v) is 3.78. The normalized spacial score (nSPS) is 10.1. The van der Waals surface area contributed by atoms with Gasteiger partial charge in [-0.2, -0.15) is 5.10 Å². The smallest absolute Gasteiger partial charge is 0.273 e. The van der Waals surface area contributed by atoms with Crippen molar-refractivity contribution < 1.29 is 9.66 Å². The molecule has 1 aromatic carbocycles. The minimum absolute atomic E-state index is 0.0188. The summed E-state index contributed by atoms with van der Waals surface area (Å²) in [5.41, 5.74) is 0.570. The first kappa shape index (κ1) is 12.3. The molecule has 0 spiro atoms. The number of aromatic nitrogens is 2. The Labute approximate surface area is 107 Å². The fourth-order valence-electron chi connectivity index (χ4n) is 1.26. The van der Waals surface area contributed by atoms with Gasteiger partial charge in [-0.3, -0.25) is 10.1 Å². The molecule has 0 bridgehead atoms. The summed E-state index contributed by atoms with van der Waals surface area (Å²) < 4.78 is 5.37. The summed E-state index contributed by atoms with van der Waals surface area (Å²) in [5.74, 6) is 0.404. The molecule has 0 saturated carbocycles. The monoisotopic (exact) mass is 265 g/mol. The van der Waals surface area contributed by atoms with Crippen LogP contribution in [-0.2, 0) is 6.61 Å². The lowest BCUT2D eigenvalue weighted by Crippen LogP contribution is -1.99. The van der Waals surface area contributed by atoms with Crippen LogP contribution in [0.1, 0.15) is 5.69 Å². The van der Waals surface area contributed by atoms with Gasteiger partial charge in [0.2, 0.25) is 0 Å². The Kier molecular flexibility index (Phi) is 3.69. The summed E-state index contributed by atoms with van der Waals surface area (Å²) in [7, 11) is 0. The molecule has 1 aromatic heterocycles. The molecule has 18 heavy (non-hydrogen) atoms. The number of ether oxygens (including phenoxy) is 1. The number of hydrogen-bond acceptors (Lipinski definition) is 5. The van der Waals surface area contributed by atoms with Crippen LogP contribution in [0.5, 0.6) is 5.75 Å². The minimum Gasteiger partial charge on any atom is -0.487 e. The SMILES string of the molecule is O=[N+]([O-])c1cccc(OCc2ccc(Cl)nn2)c1. The van der Waals surface area contributed by atoms with Gasteiger partial charge in [0.1, 0.15) is 18.1 Å². The molecule has 6 nitrogen and oxygen atoms in total. The van der Waals surface area contributed by atoms with Gasteiger partial charge in [-0.05, 0) is 18.2 Å². The maximum absolute atomic E-state index is 10.6. The first-order valence-corrected chi connectivity index (χ1v) is 5.38. The van der Waals surface area contributed by atoms with Gasteiger partial charge in [0.05, 0.1) is 11.0 Å². The number of non-ortho nitro benzene ring substituents is 1. The molecule has 0 radical (unpaired) electrons. The Morgan fingerprint density at radius 2 is 2.11 bits per heavy atom. The highest BCUT2D eigenvalue weighted by molar-refractivity contribution is 6.29. The van der Waals surface area contributed by atoms with Gasteiger partial charge >= 0.3 is 0 Å². The predicted octanol–water partition coefficient (Wildman–Crippen LogP) is 2.62. The second-order valence-electron chi connectivity index (χ2n) is 3.39. The maximum Gasteiger partial charge on any atom is 0.273 e. The summed E-state index contributed by atoms with van der Waals surface area (Å²) in [6.45, 7) is 0.172. The molecule has 2 aromatic rings. The maximum atomic E-state index is 10.6. The van der Waals surface area contributed by atoms with Crippen LogP contribution in [0.4, 0.5) is 5.69 Å². The minimum atomic E-state index is -0.477. The molecule has 1 heterocycles. The molecule has 0 aliphatic carbocycles. The highest BCUT2D eigenvalue weighted by Gasteiger charge is 2.06.